The van der Waals surface area contributed by atoms with Crippen LogP contribution < -0.4 is 30.3 Å². The third-order valence-corrected chi connectivity index (χ3v) is 10.7. The van der Waals surface area contributed by atoms with E-state index in [1.165, 1.54) is 0 Å². The Kier molecular flexibility index (Phi) is 8.39. The first-order chi connectivity index (χ1) is 29.3. The Balaban J connectivity index is 1.30. The Labute approximate surface area is 339 Å². The Hall–Kier alpha value is -8.64. The summed E-state index contributed by atoms with van der Waals surface area (Å²) in [5, 5.41) is 3.44. The summed E-state index contributed by atoms with van der Waals surface area (Å²) in [4.78, 5) is 97.3. The third kappa shape index (κ3) is 5.46. The first-order valence-electron chi connectivity index (χ1n) is 19.0. The largest absolute Gasteiger partial charge is 0.352 e. The quantitative estimate of drug-likeness (QED) is 0.205. The molecule has 2 aliphatic rings. The average molecular weight is 787 g/mol. The van der Waals surface area contributed by atoms with Crippen molar-refractivity contribution >= 4 is 91.1 Å². The van der Waals surface area contributed by atoms with Gasteiger partial charge in [0.05, 0.1) is 44.1 Å². The highest BCUT2D eigenvalue weighted by atomic mass is 16.2. The first-order valence-corrected chi connectivity index (χ1v) is 19.0. The van der Waals surface area contributed by atoms with Crippen molar-refractivity contribution in [2.24, 2.45) is 0 Å². The second-order valence-corrected chi connectivity index (χ2v) is 14.1. The molecule has 0 spiro atoms. The van der Waals surface area contributed by atoms with Crippen LogP contribution in [-0.2, 0) is 19.2 Å². The van der Waals surface area contributed by atoms with Crippen LogP contribution in [0.5, 0.6) is 0 Å². The molecule has 0 aliphatic carbocycles. The van der Waals surface area contributed by atoms with Gasteiger partial charge in [-0.2, -0.15) is 0 Å². The molecule has 60 heavy (non-hydrogen) atoms. The maximum atomic E-state index is 14.6. The summed E-state index contributed by atoms with van der Waals surface area (Å²) >= 11 is 0. The Morgan fingerprint density at radius 1 is 0.267 bits per heavy atom. The van der Waals surface area contributed by atoms with Crippen molar-refractivity contribution in [2.75, 3.05) is 19.6 Å². The lowest BCUT2D eigenvalue weighted by molar-refractivity contribution is -0.120. The van der Waals surface area contributed by atoms with Crippen LogP contribution in [0.3, 0.4) is 0 Å². The highest BCUT2D eigenvalue weighted by molar-refractivity contribution is 6.58. The molecular weight excluding hydrogens is 757 g/mol. The average Bonchev–Trinajstić information content (AvgIpc) is 3.84. The van der Waals surface area contributed by atoms with E-state index in [1.807, 2.05) is 24.3 Å². The van der Waals surface area contributed by atoms with Crippen molar-refractivity contribution < 1.29 is 28.8 Å². The summed E-state index contributed by atoms with van der Waals surface area (Å²) in [7, 11) is 0. The van der Waals surface area contributed by atoms with Crippen LogP contribution in [0.2, 0.25) is 0 Å². The minimum Gasteiger partial charge on any atom is -0.352 e. The number of para-hydroxylation sites is 4. The van der Waals surface area contributed by atoms with Crippen molar-refractivity contribution in [3.63, 3.8) is 0 Å². The lowest BCUT2D eigenvalue weighted by atomic mass is 10.1. The van der Waals surface area contributed by atoms with Gasteiger partial charge in [0.25, 0.3) is 23.6 Å². The van der Waals surface area contributed by atoms with E-state index >= 15 is 0 Å². The van der Waals surface area contributed by atoms with E-state index in [9.17, 15) is 28.8 Å². The third-order valence-electron chi connectivity index (χ3n) is 10.7. The van der Waals surface area contributed by atoms with Gasteiger partial charge in [-0.15, -0.1) is 0 Å². The molecule has 8 amide bonds. The summed E-state index contributed by atoms with van der Waals surface area (Å²) in [5.74, 6) is -3.28. The number of imide groups is 4. The molecule has 12 nitrogen and oxygen atoms in total. The number of H-pyrrole nitrogens is 2. The maximum Gasteiger partial charge on any atom is 0.343 e. The summed E-state index contributed by atoms with van der Waals surface area (Å²) < 4.78 is 0. The summed E-state index contributed by atoms with van der Waals surface area (Å²) in [6.45, 7) is 0. The van der Waals surface area contributed by atoms with Crippen LogP contribution in [0.25, 0.3) is 32.7 Å². The van der Waals surface area contributed by atoms with E-state index in [2.05, 4.69) is 9.97 Å². The highest BCUT2D eigenvalue weighted by Crippen LogP contribution is 2.31. The van der Waals surface area contributed by atoms with Gasteiger partial charge in [-0.3, -0.25) is 19.2 Å². The summed E-state index contributed by atoms with van der Waals surface area (Å²) in [6, 6.07) is 46.3. The SMILES string of the molecule is O=C1C(=c2[nH]/c(=c3/[nH]c(=C4C(=O)N(c5ccccc5)C(=O)N(c5ccccc5)C4=O)c4ccccc34)c3ccccc23)C(=O)N(c2ccccc2)C(=O)N1c1ccccc1. The van der Waals surface area contributed by atoms with Crippen LogP contribution >= 0.6 is 0 Å². The van der Waals surface area contributed by atoms with Crippen molar-refractivity contribution in [3.05, 3.63) is 191 Å². The second-order valence-electron chi connectivity index (χ2n) is 14.1. The number of urea groups is 2. The number of aromatic amines is 2. The van der Waals surface area contributed by atoms with E-state index in [-0.39, 0.29) is 44.6 Å². The van der Waals surface area contributed by atoms with E-state index in [0.29, 0.717) is 32.2 Å². The van der Waals surface area contributed by atoms with E-state index in [1.54, 1.807) is 146 Å². The van der Waals surface area contributed by atoms with E-state index in [0.717, 1.165) is 19.6 Å². The molecule has 0 bridgehead atoms. The molecule has 2 fully saturated rings. The monoisotopic (exact) mass is 786 g/mol. The molecule has 2 aliphatic heterocycles. The molecule has 288 valence electrons. The van der Waals surface area contributed by atoms with Crippen LogP contribution in [0.4, 0.5) is 32.3 Å². The minimum atomic E-state index is -0.825. The molecule has 2 saturated heterocycles. The number of barbiturate groups is 2. The van der Waals surface area contributed by atoms with Gasteiger partial charge in [0, 0.05) is 21.5 Å². The van der Waals surface area contributed by atoms with Gasteiger partial charge in [-0.1, -0.05) is 121 Å². The molecule has 0 atom stereocenters. The number of fused-ring (bicyclic) bond motifs is 2. The molecule has 12 heteroatoms. The number of hydrogen-bond acceptors (Lipinski definition) is 6. The van der Waals surface area contributed by atoms with Gasteiger partial charge < -0.3 is 9.97 Å². The fourth-order valence-corrected chi connectivity index (χ4v) is 7.97. The number of hydrogen-bond donors (Lipinski definition) is 2. The van der Waals surface area contributed by atoms with Crippen LogP contribution in [0.1, 0.15) is 0 Å². The zero-order valence-corrected chi connectivity index (χ0v) is 31.4. The lowest BCUT2D eigenvalue weighted by Gasteiger charge is -2.33. The predicted octanol–water partition coefficient (Wildman–Crippen LogP) is 6.64. The maximum absolute atomic E-state index is 14.6. The lowest BCUT2D eigenvalue weighted by Crippen LogP contribution is -2.58. The van der Waals surface area contributed by atoms with Crippen molar-refractivity contribution in [1.29, 1.82) is 0 Å². The summed E-state index contributed by atoms with van der Waals surface area (Å²) in [6.07, 6.45) is 0. The molecule has 0 saturated carbocycles. The van der Waals surface area contributed by atoms with Gasteiger partial charge in [0.2, 0.25) is 0 Å². The molecule has 0 unspecified atom stereocenters. The number of rotatable bonds is 4. The smallest absolute Gasteiger partial charge is 0.343 e. The molecule has 4 heterocycles. The molecular formula is C48H30N6O6. The van der Waals surface area contributed by atoms with Gasteiger partial charge >= 0.3 is 12.1 Å². The number of nitrogens with zero attached hydrogens (tertiary/aromatic N) is 4. The number of anilines is 4. The van der Waals surface area contributed by atoms with Gasteiger partial charge in [0.15, 0.2) is 0 Å². The standard InChI is InChI=1S/C48H30N6O6/c55-43-37(44(56)52(30-19-7-2-8-20-30)47(59)51(43)29-17-5-1-6-18-29)39-33-25-13-15-27-35(33)41(49-39)42-36-28-16-14-26-34(36)40(50-42)38-45(57)53(31-21-9-3-10-22-31)48(60)54(46(38)58)32-23-11-4-12-24-32/h1-28,49-50H/b42-41+. The highest BCUT2D eigenvalue weighted by Gasteiger charge is 2.46. The van der Waals surface area contributed by atoms with E-state index in [4.69, 9.17) is 0 Å². The topological polar surface area (TPSA) is 147 Å². The van der Waals surface area contributed by atoms with Crippen molar-refractivity contribution in [2.45, 2.75) is 0 Å². The van der Waals surface area contributed by atoms with Gasteiger partial charge in [-0.25, -0.2) is 29.2 Å². The zero-order valence-electron chi connectivity index (χ0n) is 31.4. The van der Waals surface area contributed by atoms with Crippen LogP contribution in [0, 0.1) is 10.7 Å². The molecule has 0 radical (unpaired) electrons. The fourth-order valence-electron chi connectivity index (χ4n) is 7.97. The number of nitrogens with one attached hydrogen (secondary N) is 2. The molecule has 8 aromatic rings. The molecule has 6 aromatic carbocycles. The molecule has 2 N–H and O–H groups in total. The molecule has 2 aromatic heterocycles. The second kappa shape index (κ2) is 14.1. The van der Waals surface area contributed by atoms with Crippen molar-refractivity contribution in [3.8, 4) is 0 Å². The van der Waals surface area contributed by atoms with E-state index < -0.39 is 35.7 Å². The Morgan fingerprint density at radius 2 is 0.483 bits per heavy atom. The fraction of sp³-hybridized carbons (Fsp3) is 0. The Morgan fingerprint density at radius 3 is 0.733 bits per heavy atom. The first kappa shape index (κ1) is 35.8. The number of carbonyl (C=O) groups excluding carboxylic acids is 6. The molecule has 10 rings (SSSR count). The van der Waals surface area contributed by atoms with Crippen LogP contribution in [-0.4, -0.2) is 45.7 Å². The van der Waals surface area contributed by atoms with Crippen molar-refractivity contribution in [1.82, 2.24) is 9.97 Å². The predicted molar refractivity (Wildman–Crippen MR) is 227 cm³/mol. The number of aromatic nitrogens is 2. The zero-order chi connectivity index (χ0) is 41.1. The number of carbonyl (C=O) groups is 6. The van der Waals surface area contributed by atoms with Gasteiger partial charge in [-0.05, 0) is 48.5 Å². The summed E-state index contributed by atoms with van der Waals surface area (Å²) in [5.41, 5.74) is 0.565. The number of benzene rings is 6. The normalized spacial score (nSPS) is 15.6. The Bertz CT molecular complexity index is 3000. The van der Waals surface area contributed by atoms with Gasteiger partial charge in [0.1, 0.15) is 11.1 Å². The van der Waals surface area contributed by atoms with Crippen LogP contribution in [0.15, 0.2) is 170 Å². The minimum absolute atomic E-state index is 0.166. The number of amides is 8.